The van der Waals surface area contributed by atoms with Crippen molar-refractivity contribution in [1.82, 2.24) is 4.90 Å². The summed E-state index contributed by atoms with van der Waals surface area (Å²) in [6.45, 7) is 7.22. The van der Waals surface area contributed by atoms with E-state index in [1.54, 1.807) is 0 Å². The van der Waals surface area contributed by atoms with Gasteiger partial charge in [-0.05, 0) is 53.1 Å². The molecule has 3 nitrogen and oxygen atoms in total. The van der Waals surface area contributed by atoms with Crippen LogP contribution in [0.5, 0.6) is 0 Å². The van der Waals surface area contributed by atoms with Crippen molar-refractivity contribution in [2.24, 2.45) is 5.73 Å². The average molecular weight is 214 g/mol. The van der Waals surface area contributed by atoms with Crippen molar-refractivity contribution in [3.63, 3.8) is 0 Å². The van der Waals surface area contributed by atoms with Gasteiger partial charge in [0.25, 0.3) is 0 Å². The number of nitrogens with zero attached hydrogens (tertiary/aromatic N) is 1. The van der Waals surface area contributed by atoms with E-state index < -0.39 is 0 Å². The molecule has 1 aliphatic rings. The van der Waals surface area contributed by atoms with Gasteiger partial charge in [0.05, 0.1) is 6.10 Å². The smallest absolute Gasteiger partial charge is 0.0701 e. The summed E-state index contributed by atoms with van der Waals surface area (Å²) in [6, 6.07) is 0. The Bertz CT molecular complexity index is 171. The van der Waals surface area contributed by atoms with Gasteiger partial charge in [-0.3, -0.25) is 0 Å². The maximum atomic E-state index is 5.96. The molecule has 1 rings (SSSR count). The number of ether oxygens (including phenoxy) is 1. The predicted molar refractivity (Wildman–Crippen MR) is 64.0 cm³/mol. The van der Waals surface area contributed by atoms with Gasteiger partial charge in [0.15, 0.2) is 0 Å². The van der Waals surface area contributed by atoms with Gasteiger partial charge < -0.3 is 15.4 Å². The van der Waals surface area contributed by atoms with Crippen molar-refractivity contribution in [3.8, 4) is 0 Å². The van der Waals surface area contributed by atoms with Gasteiger partial charge in [0.1, 0.15) is 0 Å². The Kier molecular flexibility index (Phi) is 5.03. The van der Waals surface area contributed by atoms with Gasteiger partial charge in [-0.1, -0.05) is 0 Å². The van der Waals surface area contributed by atoms with Gasteiger partial charge in [-0.2, -0.15) is 0 Å². The monoisotopic (exact) mass is 214 g/mol. The zero-order valence-corrected chi connectivity index (χ0v) is 10.5. The molecule has 15 heavy (non-hydrogen) atoms. The van der Waals surface area contributed by atoms with Crippen molar-refractivity contribution in [2.45, 2.75) is 51.2 Å². The molecule has 1 unspecified atom stereocenters. The van der Waals surface area contributed by atoms with Crippen LogP contribution in [0.15, 0.2) is 0 Å². The Balaban J connectivity index is 2.14. The summed E-state index contributed by atoms with van der Waals surface area (Å²) in [7, 11) is 2.16. The molecule has 0 spiro atoms. The van der Waals surface area contributed by atoms with Crippen LogP contribution in [0, 0.1) is 0 Å². The lowest BCUT2D eigenvalue weighted by molar-refractivity contribution is -0.00211. The maximum absolute atomic E-state index is 5.96. The maximum Gasteiger partial charge on any atom is 0.0701 e. The van der Waals surface area contributed by atoms with E-state index in [0.717, 1.165) is 26.1 Å². The van der Waals surface area contributed by atoms with Crippen LogP contribution in [0.4, 0.5) is 0 Å². The fraction of sp³-hybridized carbons (Fsp3) is 1.00. The van der Waals surface area contributed by atoms with E-state index in [2.05, 4.69) is 25.8 Å². The van der Waals surface area contributed by atoms with Crippen molar-refractivity contribution in [3.05, 3.63) is 0 Å². The first-order chi connectivity index (χ1) is 6.97. The van der Waals surface area contributed by atoms with E-state index in [9.17, 15) is 0 Å². The van der Waals surface area contributed by atoms with Gasteiger partial charge in [-0.25, -0.2) is 0 Å². The normalized spacial score (nSPS) is 23.4. The summed E-state index contributed by atoms with van der Waals surface area (Å²) in [6.07, 6.45) is 5.26. The molecule has 0 bridgehead atoms. The number of hydrogen-bond donors (Lipinski definition) is 1. The Hall–Kier alpha value is -0.120. The molecule has 1 aliphatic heterocycles. The zero-order chi connectivity index (χ0) is 11.3. The highest BCUT2D eigenvalue weighted by Crippen LogP contribution is 2.14. The topological polar surface area (TPSA) is 38.5 Å². The van der Waals surface area contributed by atoms with Crippen molar-refractivity contribution in [2.75, 3.05) is 26.7 Å². The highest BCUT2D eigenvalue weighted by Gasteiger charge is 2.17. The van der Waals surface area contributed by atoms with Crippen LogP contribution < -0.4 is 5.73 Å². The molecule has 0 aromatic rings. The minimum absolute atomic E-state index is 0.0539. The lowest BCUT2D eigenvalue weighted by Crippen LogP contribution is -2.39. The molecule has 2 N–H and O–H groups in total. The summed E-state index contributed by atoms with van der Waals surface area (Å²) >= 11 is 0. The zero-order valence-electron chi connectivity index (χ0n) is 10.5. The third kappa shape index (κ3) is 6.13. The quantitative estimate of drug-likeness (QED) is 0.755. The molecular weight excluding hydrogens is 188 g/mol. The number of nitrogens with two attached hydrogens (primary N) is 1. The lowest BCUT2D eigenvalue weighted by atomic mass is 10.0. The van der Waals surface area contributed by atoms with E-state index in [-0.39, 0.29) is 5.54 Å². The van der Waals surface area contributed by atoms with E-state index in [4.69, 9.17) is 10.5 Å². The second kappa shape index (κ2) is 5.83. The Labute approximate surface area is 94.0 Å². The molecule has 3 heteroatoms. The summed E-state index contributed by atoms with van der Waals surface area (Å²) in [5.41, 5.74) is 5.91. The van der Waals surface area contributed by atoms with Crippen LogP contribution in [0.2, 0.25) is 0 Å². The van der Waals surface area contributed by atoms with Crippen LogP contribution in [-0.2, 0) is 4.74 Å². The predicted octanol–water partition coefficient (Wildman–Crippen LogP) is 1.61. The SMILES string of the molecule is CN(CCC(C)(C)N)CC1CCCCO1. The molecule has 1 fully saturated rings. The Morgan fingerprint density at radius 2 is 2.13 bits per heavy atom. The van der Waals surface area contributed by atoms with E-state index in [1.165, 1.54) is 19.3 Å². The summed E-state index contributed by atoms with van der Waals surface area (Å²) in [5.74, 6) is 0. The molecular formula is C12H26N2O. The Morgan fingerprint density at radius 1 is 1.40 bits per heavy atom. The second-order valence-electron chi connectivity index (χ2n) is 5.49. The van der Waals surface area contributed by atoms with Crippen LogP contribution in [-0.4, -0.2) is 43.3 Å². The first-order valence-corrected chi connectivity index (χ1v) is 6.06. The molecule has 1 heterocycles. The average Bonchev–Trinajstić information content (AvgIpc) is 2.15. The fourth-order valence-corrected chi connectivity index (χ4v) is 1.87. The Morgan fingerprint density at radius 3 is 2.67 bits per heavy atom. The van der Waals surface area contributed by atoms with Gasteiger partial charge in [0, 0.05) is 18.7 Å². The standard InChI is InChI=1S/C12H26N2O/c1-12(2,13)7-8-14(3)10-11-6-4-5-9-15-11/h11H,4-10,13H2,1-3H3. The molecule has 1 saturated heterocycles. The van der Waals surface area contributed by atoms with Gasteiger partial charge >= 0.3 is 0 Å². The fourth-order valence-electron chi connectivity index (χ4n) is 1.87. The molecule has 0 saturated carbocycles. The first-order valence-electron chi connectivity index (χ1n) is 6.06. The first kappa shape index (κ1) is 12.9. The van der Waals surface area contributed by atoms with E-state index in [1.807, 2.05) is 0 Å². The summed E-state index contributed by atoms with van der Waals surface area (Å²) < 4.78 is 5.71. The third-order valence-corrected chi connectivity index (χ3v) is 2.93. The van der Waals surface area contributed by atoms with Crippen LogP contribution in [0.1, 0.15) is 39.5 Å². The van der Waals surface area contributed by atoms with Crippen LogP contribution in [0.25, 0.3) is 0 Å². The van der Waals surface area contributed by atoms with E-state index in [0.29, 0.717) is 6.10 Å². The lowest BCUT2D eigenvalue weighted by Gasteiger charge is -2.29. The molecule has 0 aliphatic carbocycles. The molecule has 1 atom stereocenters. The molecule has 0 amide bonds. The van der Waals surface area contributed by atoms with Crippen LogP contribution >= 0.6 is 0 Å². The molecule has 0 radical (unpaired) electrons. The highest BCUT2D eigenvalue weighted by atomic mass is 16.5. The van der Waals surface area contributed by atoms with Crippen molar-refractivity contribution in [1.29, 1.82) is 0 Å². The molecule has 0 aromatic carbocycles. The van der Waals surface area contributed by atoms with Gasteiger partial charge in [-0.15, -0.1) is 0 Å². The minimum atomic E-state index is -0.0539. The molecule has 90 valence electrons. The minimum Gasteiger partial charge on any atom is -0.377 e. The largest absolute Gasteiger partial charge is 0.377 e. The van der Waals surface area contributed by atoms with Crippen molar-refractivity contribution < 1.29 is 4.74 Å². The summed E-state index contributed by atoms with van der Waals surface area (Å²) in [4.78, 5) is 2.34. The molecule has 0 aromatic heterocycles. The number of likely N-dealkylation sites (N-methyl/N-ethyl adjacent to an activating group) is 1. The van der Waals surface area contributed by atoms with Crippen molar-refractivity contribution >= 4 is 0 Å². The van der Waals surface area contributed by atoms with Crippen LogP contribution in [0.3, 0.4) is 0 Å². The third-order valence-electron chi connectivity index (χ3n) is 2.93. The highest BCUT2D eigenvalue weighted by molar-refractivity contribution is 4.74. The summed E-state index contributed by atoms with van der Waals surface area (Å²) in [5, 5.41) is 0. The number of rotatable bonds is 5. The second-order valence-corrected chi connectivity index (χ2v) is 5.49. The van der Waals surface area contributed by atoms with E-state index >= 15 is 0 Å². The van der Waals surface area contributed by atoms with Gasteiger partial charge in [0.2, 0.25) is 0 Å². The number of hydrogen-bond acceptors (Lipinski definition) is 3.